The number of hydrogen-bond donors (Lipinski definition) is 0. The number of rotatable bonds is 4. The topological polar surface area (TPSA) is 18.5 Å². The molecule has 0 fully saturated rings. The van der Waals surface area contributed by atoms with Crippen LogP contribution in [0.5, 0.6) is 17.2 Å². The fraction of sp³-hybridized carbons (Fsp3) is 0.143. The van der Waals surface area contributed by atoms with Gasteiger partial charge in [-0.2, -0.15) is 0 Å². The Labute approximate surface area is 120 Å². The molecule has 94 valence electrons. The number of methoxy groups -OCH3 is 1. The van der Waals surface area contributed by atoms with Crippen molar-refractivity contribution in [2.45, 2.75) is 5.33 Å². The summed E-state index contributed by atoms with van der Waals surface area (Å²) in [5, 5.41) is 1.35. The van der Waals surface area contributed by atoms with E-state index >= 15 is 0 Å². The molecule has 0 saturated carbocycles. The van der Waals surface area contributed by atoms with Crippen LogP contribution in [-0.4, -0.2) is 7.11 Å². The summed E-state index contributed by atoms with van der Waals surface area (Å²) in [6.45, 7) is 0. The standard InChI is InChI=1S/C14H12BrClO2/c1-17-13-4-2-3-5-14(13)18-12-7-6-10(9-15)8-11(12)16/h2-8H,9H2,1H3. The molecule has 0 aliphatic carbocycles. The predicted octanol–water partition coefficient (Wildman–Crippen LogP) is 5.04. The van der Waals surface area contributed by atoms with Crippen LogP contribution in [0.15, 0.2) is 42.5 Å². The minimum atomic E-state index is 0.581. The molecule has 0 amide bonds. The Bertz CT molecular complexity index is 543. The van der Waals surface area contributed by atoms with E-state index in [4.69, 9.17) is 21.1 Å². The van der Waals surface area contributed by atoms with Gasteiger partial charge in [-0.05, 0) is 29.8 Å². The zero-order valence-electron chi connectivity index (χ0n) is 9.82. The average molecular weight is 328 g/mol. The van der Waals surface area contributed by atoms with Crippen LogP contribution >= 0.6 is 27.5 Å². The maximum atomic E-state index is 6.17. The molecule has 0 aromatic heterocycles. The van der Waals surface area contributed by atoms with E-state index in [0.717, 1.165) is 10.9 Å². The van der Waals surface area contributed by atoms with E-state index in [9.17, 15) is 0 Å². The van der Waals surface area contributed by atoms with E-state index in [1.165, 1.54) is 0 Å². The molecule has 0 radical (unpaired) electrons. The van der Waals surface area contributed by atoms with Gasteiger partial charge in [-0.1, -0.05) is 45.7 Å². The Morgan fingerprint density at radius 3 is 2.39 bits per heavy atom. The van der Waals surface area contributed by atoms with Gasteiger partial charge < -0.3 is 9.47 Å². The van der Waals surface area contributed by atoms with Gasteiger partial charge in [0.05, 0.1) is 12.1 Å². The van der Waals surface area contributed by atoms with Gasteiger partial charge in [0.25, 0.3) is 0 Å². The maximum absolute atomic E-state index is 6.17. The molecule has 2 aromatic rings. The van der Waals surface area contributed by atoms with Gasteiger partial charge in [0.1, 0.15) is 5.75 Å². The van der Waals surface area contributed by atoms with Gasteiger partial charge >= 0.3 is 0 Å². The molecule has 0 aliphatic heterocycles. The third-order valence-electron chi connectivity index (χ3n) is 2.44. The lowest BCUT2D eigenvalue weighted by Gasteiger charge is -2.11. The van der Waals surface area contributed by atoms with Gasteiger partial charge in [0, 0.05) is 5.33 Å². The molecule has 18 heavy (non-hydrogen) atoms. The van der Waals surface area contributed by atoms with Crippen LogP contribution in [0.25, 0.3) is 0 Å². The molecule has 4 heteroatoms. The highest BCUT2D eigenvalue weighted by atomic mass is 79.9. The van der Waals surface area contributed by atoms with Crippen LogP contribution < -0.4 is 9.47 Å². The highest BCUT2D eigenvalue weighted by molar-refractivity contribution is 9.08. The number of benzene rings is 2. The molecule has 2 nitrogen and oxygen atoms in total. The first-order valence-corrected chi connectivity index (χ1v) is 6.90. The van der Waals surface area contributed by atoms with E-state index in [1.807, 2.05) is 42.5 Å². The number of ether oxygens (including phenoxy) is 2. The Morgan fingerprint density at radius 1 is 1.06 bits per heavy atom. The first kappa shape index (κ1) is 13.2. The largest absolute Gasteiger partial charge is 0.493 e. The zero-order chi connectivity index (χ0) is 13.0. The van der Waals surface area contributed by atoms with Gasteiger partial charge in [0.2, 0.25) is 0 Å². The van der Waals surface area contributed by atoms with Crippen LogP contribution in [0.1, 0.15) is 5.56 Å². The number of halogens is 2. The molecular formula is C14H12BrClO2. The summed E-state index contributed by atoms with van der Waals surface area (Å²) in [7, 11) is 1.61. The molecule has 2 rings (SSSR count). The Balaban J connectivity index is 2.28. The van der Waals surface area contributed by atoms with Crippen LogP contribution in [0, 0.1) is 0 Å². The van der Waals surface area contributed by atoms with E-state index < -0.39 is 0 Å². The van der Waals surface area contributed by atoms with Crippen LogP contribution in [0.3, 0.4) is 0 Å². The minimum Gasteiger partial charge on any atom is -0.493 e. The van der Waals surface area contributed by atoms with Gasteiger partial charge in [-0.25, -0.2) is 0 Å². The lowest BCUT2D eigenvalue weighted by molar-refractivity contribution is 0.379. The highest BCUT2D eigenvalue weighted by Gasteiger charge is 2.07. The molecule has 0 spiro atoms. The zero-order valence-corrected chi connectivity index (χ0v) is 12.2. The molecule has 2 aromatic carbocycles. The lowest BCUT2D eigenvalue weighted by atomic mass is 10.2. The maximum Gasteiger partial charge on any atom is 0.169 e. The summed E-state index contributed by atoms with van der Waals surface area (Å²) in [5.41, 5.74) is 1.10. The van der Waals surface area contributed by atoms with Crippen molar-refractivity contribution in [3.63, 3.8) is 0 Å². The average Bonchev–Trinajstić information content (AvgIpc) is 2.41. The summed E-state index contributed by atoms with van der Waals surface area (Å²) in [6.07, 6.45) is 0. The second-order valence-corrected chi connectivity index (χ2v) is 4.62. The second-order valence-electron chi connectivity index (χ2n) is 3.65. The fourth-order valence-corrected chi connectivity index (χ4v) is 2.12. The Hall–Kier alpha value is -1.19. The molecule has 0 atom stereocenters. The lowest BCUT2D eigenvalue weighted by Crippen LogP contribution is -1.91. The summed E-state index contributed by atoms with van der Waals surface area (Å²) < 4.78 is 11.0. The van der Waals surface area contributed by atoms with Crippen molar-refractivity contribution in [3.05, 3.63) is 53.1 Å². The molecule has 0 unspecified atom stereocenters. The van der Waals surface area contributed by atoms with Crippen molar-refractivity contribution in [3.8, 4) is 17.2 Å². The van der Waals surface area contributed by atoms with Crippen molar-refractivity contribution in [2.75, 3.05) is 7.11 Å². The van der Waals surface area contributed by atoms with E-state index in [2.05, 4.69) is 15.9 Å². The number of hydrogen-bond acceptors (Lipinski definition) is 2. The molecule has 0 saturated heterocycles. The van der Waals surface area contributed by atoms with Crippen molar-refractivity contribution in [1.29, 1.82) is 0 Å². The normalized spacial score (nSPS) is 10.2. The first-order valence-electron chi connectivity index (χ1n) is 5.40. The minimum absolute atomic E-state index is 0.581. The summed E-state index contributed by atoms with van der Waals surface area (Å²) in [6, 6.07) is 13.2. The van der Waals surface area contributed by atoms with Crippen molar-refractivity contribution >= 4 is 27.5 Å². The Morgan fingerprint density at radius 2 is 1.78 bits per heavy atom. The van der Waals surface area contributed by atoms with E-state index in [1.54, 1.807) is 7.11 Å². The van der Waals surface area contributed by atoms with E-state index in [-0.39, 0.29) is 0 Å². The Kier molecular flexibility index (Phi) is 4.50. The summed E-state index contributed by atoms with van der Waals surface area (Å²) in [5.74, 6) is 1.94. The predicted molar refractivity (Wildman–Crippen MR) is 77.2 cm³/mol. The van der Waals surface area contributed by atoms with E-state index in [0.29, 0.717) is 22.3 Å². The number of alkyl halides is 1. The first-order chi connectivity index (χ1) is 8.74. The third-order valence-corrected chi connectivity index (χ3v) is 3.38. The number of para-hydroxylation sites is 2. The van der Waals surface area contributed by atoms with Gasteiger partial charge in [-0.15, -0.1) is 0 Å². The summed E-state index contributed by atoms with van der Waals surface area (Å²) >= 11 is 9.55. The smallest absolute Gasteiger partial charge is 0.169 e. The summed E-state index contributed by atoms with van der Waals surface area (Å²) in [4.78, 5) is 0. The highest BCUT2D eigenvalue weighted by Crippen LogP contribution is 2.35. The molecular weight excluding hydrogens is 316 g/mol. The molecule has 0 bridgehead atoms. The van der Waals surface area contributed by atoms with Crippen LogP contribution in [-0.2, 0) is 5.33 Å². The van der Waals surface area contributed by atoms with Gasteiger partial charge in [0.15, 0.2) is 11.5 Å². The molecule has 0 N–H and O–H groups in total. The third kappa shape index (κ3) is 2.98. The van der Waals surface area contributed by atoms with Crippen molar-refractivity contribution < 1.29 is 9.47 Å². The second kappa shape index (κ2) is 6.12. The molecule has 0 aliphatic rings. The SMILES string of the molecule is COc1ccccc1Oc1ccc(CBr)cc1Cl. The van der Waals surface area contributed by atoms with Gasteiger partial charge in [-0.3, -0.25) is 0 Å². The fourth-order valence-electron chi connectivity index (χ4n) is 1.53. The van der Waals surface area contributed by atoms with Crippen LogP contribution in [0.4, 0.5) is 0 Å². The van der Waals surface area contributed by atoms with Crippen LogP contribution in [0.2, 0.25) is 5.02 Å². The van der Waals surface area contributed by atoms with Crippen molar-refractivity contribution in [2.24, 2.45) is 0 Å². The van der Waals surface area contributed by atoms with Crippen molar-refractivity contribution in [1.82, 2.24) is 0 Å². The quantitative estimate of drug-likeness (QED) is 0.733. The monoisotopic (exact) mass is 326 g/mol. The molecule has 0 heterocycles.